The largest absolute Gasteiger partial charge is 0.397 e. The van der Waals surface area contributed by atoms with E-state index in [1.807, 2.05) is 6.20 Å². The van der Waals surface area contributed by atoms with Crippen molar-refractivity contribution in [1.29, 1.82) is 0 Å². The maximum Gasteiger partial charge on any atom is 0.144 e. The van der Waals surface area contributed by atoms with Crippen LogP contribution in [0.2, 0.25) is 0 Å². The number of pyridine rings is 1. The molecular formula is C11H14BrN5O. The van der Waals surface area contributed by atoms with Crippen LogP contribution in [-0.2, 0) is 11.3 Å². The number of anilines is 3. The lowest BCUT2D eigenvalue weighted by Gasteiger charge is -2.05. The predicted molar refractivity (Wildman–Crippen MR) is 73.7 cm³/mol. The molecule has 7 heteroatoms. The van der Waals surface area contributed by atoms with E-state index in [4.69, 9.17) is 10.5 Å². The van der Waals surface area contributed by atoms with Crippen molar-refractivity contribution in [3.05, 3.63) is 29.1 Å². The first-order chi connectivity index (χ1) is 8.69. The summed E-state index contributed by atoms with van der Waals surface area (Å²) < 4.78 is 7.61. The molecule has 0 atom stereocenters. The average molecular weight is 312 g/mol. The molecule has 0 saturated carbocycles. The van der Waals surface area contributed by atoms with Gasteiger partial charge < -0.3 is 15.8 Å². The fourth-order valence-electron chi connectivity index (χ4n) is 1.42. The number of hydrogen-bond acceptors (Lipinski definition) is 5. The van der Waals surface area contributed by atoms with Crippen molar-refractivity contribution >= 4 is 33.1 Å². The number of nitrogens with two attached hydrogens (primary N) is 1. The van der Waals surface area contributed by atoms with Crippen LogP contribution in [0.15, 0.2) is 29.1 Å². The highest BCUT2D eigenvalue weighted by Crippen LogP contribution is 2.24. The lowest BCUT2D eigenvalue weighted by atomic mass is 10.4. The molecule has 2 aromatic heterocycles. The maximum absolute atomic E-state index is 5.63. The summed E-state index contributed by atoms with van der Waals surface area (Å²) in [5.74, 6) is 0.704. The van der Waals surface area contributed by atoms with E-state index >= 15 is 0 Å². The van der Waals surface area contributed by atoms with E-state index in [-0.39, 0.29) is 0 Å². The zero-order valence-corrected chi connectivity index (χ0v) is 11.5. The van der Waals surface area contributed by atoms with E-state index in [9.17, 15) is 0 Å². The van der Waals surface area contributed by atoms with Crippen molar-refractivity contribution < 1.29 is 4.74 Å². The summed E-state index contributed by atoms with van der Waals surface area (Å²) >= 11 is 3.40. The van der Waals surface area contributed by atoms with Gasteiger partial charge in [-0.3, -0.25) is 4.68 Å². The van der Waals surface area contributed by atoms with Crippen LogP contribution < -0.4 is 11.1 Å². The third-order valence-corrected chi connectivity index (χ3v) is 2.89. The van der Waals surface area contributed by atoms with E-state index < -0.39 is 0 Å². The van der Waals surface area contributed by atoms with Crippen molar-refractivity contribution in [2.24, 2.45) is 0 Å². The molecule has 0 aliphatic rings. The fourth-order valence-corrected chi connectivity index (χ4v) is 1.88. The maximum atomic E-state index is 5.63. The van der Waals surface area contributed by atoms with Crippen LogP contribution in [0.3, 0.4) is 0 Å². The highest BCUT2D eigenvalue weighted by molar-refractivity contribution is 9.10. The second-order valence-electron chi connectivity index (χ2n) is 3.71. The quantitative estimate of drug-likeness (QED) is 0.883. The van der Waals surface area contributed by atoms with Gasteiger partial charge in [-0.2, -0.15) is 5.10 Å². The number of methoxy groups -OCH3 is 1. The highest BCUT2D eigenvalue weighted by Gasteiger charge is 2.04. The minimum absolute atomic E-state index is 0.614. The Bertz CT molecular complexity index is 528. The lowest BCUT2D eigenvalue weighted by Crippen LogP contribution is -2.04. The molecule has 2 heterocycles. The molecule has 96 valence electrons. The van der Waals surface area contributed by atoms with Crippen molar-refractivity contribution in [2.45, 2.75) is 6.54 Å². The Morgan fingerprint density at radius 3 is 3.06 bits per heavy atom. The van der Waals surface area contributed by atoms with Crippen molar-refractivity contribution in [3.8, 4) is 0 Å². The van der Waals surface area contributed by atoms with E-state index in [0.29, 0.717) is 24.7 Å². The normalized spacial score (nSPS) is 10.6. The van der Waals surface area contributed by atoms with Gasteiger partial charge in [0.05, 0.1) is 41.4 Å². The molecule has 0 bridgehead atoms. The average Bonchev–Trinajstić information content (AvgIpc) is 2.78. The zero-order chi connectivity index (χ0) is 13.0. The zero-order valence-electron chi connectivity index (χ0n) is 9.93. The van der Waals surface area contributed by atoms with Crippen LogP contribution in [0.25, 0.3) is 0 Å². The Labute approximate surface area is 113 Å². The van der Waals surface area contributed by atoms with Crippen LogP contribution in [0.1, 0.15) is 0 Å². The minimum Gasteiger partial charge on any atom is -0.397 e. The molecule has 0 aromatic carbocycles. The smallest absolute Gasteiger partial charge is 0.144 e. The number of halogens is 1. The van der Waals surface area contributed by atoms with Gasteiger partial charge in [-0.1, -0.05) is 0 Å². The van der Waals surface area contributed by atoms with Gasteiger partial charge in [0.15, 0.2) is 0 Å². The minimum atomic E-state index is 0.614. The van der Waals surface area contributed by atoms with Gasteiger partial charge in [0.2, 0.25) is 0 Å². The van der Waals surface area contributed by atoms with Crippen molar-refractivity contribution in [1.82, 2.24) is 14.8 Å². The number of nitrogen functional groups attached to an aromatic ring is 1. The first-order valence-electron chi connectivity index (χ1n) is 5.38. The third-order valence-electron chi connectivity index (χ3n) is 2.28. The number of ether oxygens (including phenoxy) is 1. The van der Waals surface area contributed by atoms with Gasteiger partial charge in [0, 0.05) is 13.3 Å². The van der Waals surface area contributed by atoms with E-state index in [1.165, 1.54) is 0 Å². The molecular weight excluding hydrogens is 298 g/mol. The molecule has 2 aromatic rings. The van der Waals surface area contributed by atoms with E-state index in [1.54, 1.807) is 30.3 Å². The highest BCUT2D eigenvalue weighted by atomic mass is 79.9. The Hall–Kier alpha value is -1.60. The molecule has 0 unspecified atom stereocenters. The molecule has 0 aliphatic heterocycles. The molecule has 0 saturated heterocycles. The van der Waals surface area contributed by atoms with Gasteiger partial charge in [-0.05, 0) is 22.0 Å². The van der Waals surface area contributed by atoms with Crippen molar-refractivity contribution in [3.63, 3.8) is 0 Å². The Morgan fingerprint density at radius 2 is 2.33 bits per heavy atom. The van der Waals surface area contributed by atoms with Crippen LogP contribution in [0.5, 0.6) is 0 Å². The molecule has 0 fully saturated rings. The molecule has 3 N–H and O–H groups in total. The fraction of sp³-hybridized carbons (Fsp3) is 0.273. The monoisotopic (exact) mass is 311 g/mol. The van der Waals surface area contributed by atoms with Gasteiger partial charge in [0.1, 0.15) is 5.82 Å². The molecule has 6 nitrogen and oxygen atoms in total. The first-order valence-corrected chi connectivity index (χ1v) is 6.18. The lowest BCUT2D eigenvalue weighted by molar-refractivity contribution is 0.183. The number of rotatable bonds is 5. The second kappa shape index (κ2) is 5.83. The summed E-state index contributed by atoms with van der Waals surface area (Å²) in [5, 5.41) is 7.36. The molecule has 0 aliphatic carbocycles. The van der Waals surface area contributed by atoms with Gasteiger partial charge in [-0.25, -0.2) is 4.98 Å². The Kier molecular flexibility index (Phi) is 4.16. The number of hydrogen-bond donors (Lipinski definition) is 2. The summed E-state index contributed by atoms with van der Waals surface area (Å²) in [6, 6.07) is 1.80. The third kappa shape index (κ3) is 3.21. The summed E-state index contributed by atoms with van der Waals surface area (Å²) in [7, 11) is 1.66. The number of nitrogens with one attached hydrogen (secondary N) is 1. The van der Waals surface area contributed by atoms with E-state index in [2.05, 4.69) is 31.3 Å². The molecule has 2 rings (SSSR count). The molecule has 0 amide bonds. The predicted octanol–water partition coefficient (Wildman–Crippen LogP) is 2.01. The summed E-state index contributed by atoms with van der Waals surface area (Å²) in [4.78, 5) is 4.20. The number of aromatic nitrogens is 3. The topological polar surface area (TPSA) is 78.0 Å². The standard InChI is InChI=1S/C11H14BrN5O/c1-18-3-2-17-7-9(6-15-17)16-11-10(12)4-8(13)5-14-11/h4-7H,2-3,13H2,1H3,(H,14,16). The summed E-state index contributed by atoms with van der Waals surface area (Å²) in [6.45, 7) is 1.35. The van der Waals surface area contributed by atoms with Gasteiger partial charge in [0.25, 0.3) is 0 Å². The summed E-state index contributed by atoms with van der Waals surface area (Å²) in [5.41, 5.74) is 7.11. The van der Waals surface area contributed by atoms with Gasteiger partial charge >= 0.3 is 0 Å². The van der Waals surface area contributed by atoms with E-state index in [0.717, 1.165) is 10.2 Å². The van der Waals surface area contributed by atoms with Gasteiger partial charge in [-0.15, -0.1) is 0 Å². The molecule has 0 spiro atoms. The van der Waals surface area contributed by atoms with Crippen LogP contribution >= 0.6 is 15.9 Å². The Balaban J connectivity index is 2.06. The van der Waals surface area contributed by atoms with Crippen molar-refractivity contribution in [2.75, 3.05) is 24.8 Å². The van der Waals surface area contributed by atoms with Crippen LogP contribution in [0, 0.1) is 0 Å². The SMILES string of the molecule is COCCn1cc(Nc2ncc(N)cc2Br)cn1. The second-order valence-corrected chi connectivity index (χ2v) is 4.56. The first kappa shape index (κ1) is 12.8. The molecule has 18 heavy (non-hydrogen) atoms. The number of nitrogens with zero attached hydrogens (tertiary/aromatic N) is 3. The summed E-state index contributed by atoms with van der Waals surface area (Å²) in [6.07, 6.45) is 5.23. The Morgan fingerprint density at radius 1 is 1.50 bits per heavy atom. The van der Waals surface area contributed by atoms with Crippen LogP contribution in [-0.4, -0.2) is 28.5 Å². The van der Waals surface area contributed by atoms with Crippen LogP contribution in [0.4, 0.5) is 17.2 Å². The molecule has 0 radical (unpaired) electrons.